The van der Waals surface area contributed by atoms with Gasteiger partial charge in [0.1, 0.15) is 11.5 Å². The number of furan rings is 1. The normalized spacial score (nSPS) is 18.5. The van der Waals surface area contributed by atoms with Crippen molar-refractivity contribution in [3.05, 3.63) is 23.7 Å². The van der Waals surface area contributed by atoms with Crippen LogP contribution in [0.4, 0.5) is 4.79 Å². The van der Waals surface area contributed by atoms with Crippen LogP contribution in [0.5, 0.6) is 0 Å². The molecule has 1 aromatic rings. The molecule has 1 unspecified atom stereocenters. The molecule has 2 rings (SSSR count). The monoisotopic (exact) mass is 294 g/mol. The van der Waals surface area contributed by atoms with Gasteiger partial charge in [-0.1, -0.05) is 0 Å². The van der Waals surface area contributed by atoms with Gasteiger partial charge in [0.2, 0.25) is 0 Å². The predicted octanol–water partition coefficient (Wildman–Crippen LogP) is 2.69. The number of nitrogens with one attached hydrogen (secondary N) is 1. The lowest BCUT2D eigenvalue weighted by Gasteiger charge is -2.34. The molecule has 6 heteroatoms. The van der Waals surface area contributed by atoms with Crippen molar-refractivity contribution >= 4 is 12.0 Å². The number of hydrogen-bond acceptors (Lipinski definition) is 3. The maximum absolute atomic E-state index is 12.3. The van der Waals surface area contributed by atoms with E-state index in [0.717, 1.165) is 30.8 Å². The van der Waals surface area contributed by atoms with Gasteiger partial charge in [-0.25, -0.2) is 4.79 Å². The van der Waals surface area contributed by atoms with Crippen LogP contribution in [-0.4, -0.2) is 35.1 Å². The van der Waals surface area contributed by atoms with Gasteiger partial charge in [-0.05, 0) is 44.7 Å². The van der Waals surface area contributed by atoms with Gasteiger partial charge >= 0.3 is 12.0 Å². The van der Waals surface area contributed by atoms with E-state index in [1.54, 1.807) is 4.90 Å². The highest BCUT2D eigenvalue weighted by atomic mass is 16.4. The van der Waals surface area contributed by atoms with Gasteiger partial charge in [0.25, 0.3) is 0 Å². The third-order valence-electron chi connectivity index (χ3n) is 3.70. The number of likely N-dealkylation sites (tertiary alicyclic amines) is 1. The average Bonchev–Trinajstić information content (AvgIpc) is 2.89. The molecule has 1 aromatic heterocycles. The first-order valence-corrected chi connectivity index (χ1v) is 7.40. The molecule has 1 aliphatic heterocycles. The zero-order chi connectivity index (χ0) is 15.2. The minimum Gasteiger partial charge on any atom is -0.481 e. The van der Waals surface area contributed by atoms with Crippen LogP contribution < -0.4 is 5.32 Å². The molecule has 0 aromatic carbocycles. The van der Waals surface area contributed by atoms with Crippen LogP contribution in [0.15, 0.2) is 16.5 Å². The van der Waals surface area contributed by atoms with Crippen LogP contribution in [0.25, 0.3) is 0 Å². The Kier molecular flexibility index (Phi) is 5.25. The molecule has 2 heterocycles. The van der Waals surface area contributed by atoms with Gasteiger partial charge in [0.05, 0.1) is 6.04 Å². The summed E-state index contributed by atoms with van der Waals surface area (Å²) in [5.41, 5.74) is 0. The molecule has 0 radical (unpaired) electrons. The summed E-state index contributed by atoms with van der Waals surface area (Å²) in [6, 6.07) is 3.68. The van der Waals surface area contributed by atoms with Gasteiger partial charge in [-0.2, -0.15) is 0 Å². The molecular weight excluding hydrogens is 272 g/mol. The third kappa shape index (κ3) is 4.24. The van der Waals surface area contributed by atoms with Crippen molar-refractivity contribution in [1.82, 2.24) is 10.2 Å². The second-order valence-electron chi connectivity index (χ2n) is 5.38. The third-order valence-corrected chi connectivity index (χ3v) is 3.70. The van der Waals surface area contributed by atoms with E-state index in [1.165, 1.54) is 0 Å². The number of carboxylic acids is 1. The van der Waals surface area contributed by atoms with E-state index in [4.69, 9.17) is 9.52 Å². The molecule has 0 bridgehead atoms. The van der Waals surface area contributed by atoms with Gasteiger partial charge < -0.3 is 19.7 Å². The van der Waals surface area contributed by atoms with Crippen LogP contribution >= 0.6 is 0 Å². The molecule has 1 fully saturated rings. The molecule has 2 amide bonds. The quantitative estimate of drug-likeness (QED) is 0.818. The number of urea groups is 1. The van der Waals surface area contributed by atoms with E-state index >= 15 is 0 Å². The van der Waals surface area contributed by atoms with Gasteiger partial charge in [-0.15, -0.1) is 0 Å². The standard InChI is InChI=1S/C15H22N2O4/c1-11-7-8-13(21-11)12-5-2-3-10-17(12)15(20)16-9-4-6-14(18)19/h7-8,12H,2-6,9-10H2,1H3,(H,16,20)(H,18,19). The zero-order valence-electron chi connectivity index (χ0n) is 12.3. The number of carbonyl (C=O) groups is 2. The predicted molar refractivity (Wildman–Crippen MR) is 77.0 cm³/mol. The van der Waals surface area contributed by atoms with Gasteiger partial charge in [0, 0.05) is 19.5 Å². The summed E-state index contributed by atoms with van der Waals surface area (Å²) in [6.07, 6.45) is 3.47. The van der Waals surface area contributed by atoms with Crippen molar-refractivity contribution in [2.24, 2.45) is 0 Å². The number of piperidine rings is 1. The van der Waals surface area contributed by atoms with E-state index in [9.17, 15) is 9.59 Å². The number of rotatable bonds is 5. The van der Waals surface area contributed by atoms with Crippen LogP contribution in [-0.2, 0) is 4.79 Å². The fraction of sp³-hybridized carbons (Fsp3) is 0.600. The van der Waals surface area contributed by atoms with Crippen LogP contribution in [0, 0.1) is 6.92 Å². The highest BCUT2D eigenvalue weighted by molar-refractivity contribution is 5.75. The summed E-state index contributed by atoms with van der Waals surface area (Å²) >= 11 is 0. The van der Waals surface area contributed by atoms with Crippen molar-refractivity contribution in [1.29, 1.82) is 0 Å². The first kappa shape index (κ1) is 15.4. The van der Waals surface area contributed by atoms with Gasteiger partial charge in [0.15, 0.2) is 0 Å². The van der Waals surface area contributed by atoms with E-state index in [0.29, 0.717) is 19.5 Å². The first-order valence-electron chi connectivity index (χ1n) is 7.40. The molecule has 21 heavy (non-hydrogen) atoms. The van der Waals surface area contributed by atoms with Crippen LogP contribution in [0.3, 0.4) is 0 Å². The summed E-state index contributed by atoms with van der Waals surface area (Å²) < 4.78 is 5.66. The Morgan fingerprint density at radius 1 is 1.43 bits per heavy atom. The average molecular weight is 294 g/mol. The highest BCUT2D eigenvalue weighted by Gasteiger charge is 2.29. The highest BCUT2D eigenvalue weighted by Crippen LogP contribution is 2.31. The Balaban J connectivity index is 1.92. The molecule has 1 atom stereocenters. The lowest BCUT2D eigenvalue weighted by atomic mass is 10.0. The van der Waals surface area contributed by atoms with E-state index in [-0.39, 0.29) is 18.5 Å². The van der Waals surface area contributed by atoms with E-state index in [2.05, 4.69) is 5.32 Å². The summed E-state index contributed by atoms with van der Waals surface area (Å²) in [6.45, 7) is 2.98. The number of aliphatic carboxylic acids is 1. The van der Waals surface area contributed by atoms with E-state index < -0.39 is 5.97 Å². The lowest BCUT2D eigenvalue weighted by molar-refractivity contribution is -0.137. The number of nitrogens with zero attached hydrogens (tertiary/aromatic N) is 1. The Morgan fingerprint density at radius 2 is 2.24 bits per heavy atom. The number of amides is 2. The second-order valence-corrected chi connectivity index (χ2v) is 5.38. The minimum absolute atomic E-state index is 0.0214. The summed E-state index contributed by atoms with van der Waals surface area (Å²) in [5.74, 6) is 0.830. The molecule has 6 nitrogen and oxygen atoms in total. The molecule has 0 saturated carbocycles. The SMILES string of the molecule is Cc1ccc(C2CCCCN2C(=O)NCCCC(=O)O)o1. The second kappa shape index (κ2) is 7.15. The Bertz CT molecular complexity index is 498. The molecule has 0 aliphatic carbocycles. The zero-order valence-corrected chi connectivity index (χ0v) is 12.3. The summed E-state index contributed by atoms with van der Waals surface area (Å²) in [4.78, 5) is 24.5. The summed E-state index contributed by atoms with van der Waals surface area (Å²) in [7, 11) is 0. The maximum atomic E-state index is 12.3. The molecule has 116 valence electrons. The molecule has 1 saturated heterocycles. The van der Waals surface area contributed by atoms with Crippen molar-refractivity contribution in [2.75, 3.05) is 13.1 Å². The number of carbonyl (C=O) groups excluding carboxylic acids is 1. The molecule has 2 N–H and O–H groups in total. The molecular formula is C15H22N2O4. The number of hydrogen-bond donors (Lipinski definition) is 2. The Labute approximate surface area is 124 Å². The van der Waals surface area contributed by atoms with Crippen molar-refractivity contribution in [2.45, 2.75) is 45.1 Å². The first-order chi connectivity index (χ1) is 10.1. The van der Waals surface area contributed by atoms with Crippen LogP contribution in [0.1, 0.15) is 49.7 Å². The Hall–Kier alpha value is -1.98. The smallest absolute Gasteiger partial charge is 0.318 e. The fourth-order valence-electron chi connectivity index (χ4n) is 2.64. The lowest BCUT2D eigenvalue weighted by Crippen LogP contribution is -2.44. The topological polar surface area (TPSA) is 82.8 Å². The van der Waals surface area contributed by atoms with Crippen molar-refractivity contribution in [3.63, 3.8) is 0 Å². The fourth-order valence-corrected chi connectivity index (χ4v) is 2.64. The summed E-state index contributed by atoms with van der Waals surface area (Å²) in [5, 5.41) is 11.4. The minimum atomic E-state index is -0.842. The Morgan fingerprint density at radius 3 is 2.90 bits per heavy atom. The van der Waals surface area contributed by atoms with E-state index in [1.807, 2.05) is 19.1 Å². The number of carboxylic acid groups (broad SMARTS) is 1. The van der Waals surface area contributed by atoms with Crippen molar-refractivity contribution in [3.8, 4) is 0 Å². The molecule has 1 aliphatic rings. The van der Waals surface area contributed by atoms with Crippen molar-refractivity contribution < 1.29 is 19.1 Å². The number of aryl methyl sites for hydroxylation is 1. The van der Waals surface area contributed by atoms with Gasteiger partial charge in [-0.3, -0.25) is 4.79 Å². The largest absolute Gasteiger partial charge is 0.481 e. The maximum Gasteiger partial charge on any atom is 0.318 e. The van der Waals surface area contributed by atoms with Crippen LogP contribution in [0.2, 0.25) is 0 Å². The molecule has 0 spiro atoms.